The van der Waals surface area contributed by atoms with Gasteiger partial charge in [-0.25, -0.2) is 0 Å². The van der Waals surface area contributed by atoms with Gasteiger partial charge in [0.25, 0.3) is 5.91 Å². The molecule has 0 fully saturated rings. The number of hydrogen-bond acceptors (Lipinski definition) is 3. The maximum absolute atomic E-state index is 12.5. The number of amides is 1. The maximum Gasteiger partial charge on any atom is 0.253 e. The molecule has 0 aliphatic carbocycles. The molecule has 138 valence electrons. The second kappa shape index (κ2) is 8.49. The SMILES string of the molecule is COc1ccc(C)cc1CCNC(=O)c1ccc(-c2ccccc2)nc1C. The molecule has 1 amide bonds. The first-order valence-electron chi connectivity index (χ1n) is 9.03. The monoisotopic (exact) mass is 360 g/mol. The van der Waals surface area contributed by atoms with Crippen LogP contribution in [0.15, 0.2) is 60.7 Å². The number of carbonyl (C=O) groups excluding carboxylic acids is 1. The Labute approximate surface area is 160 Å². The Morgan fingerprint density at radius 1 is 1.04 bits per heavy atom. The Hall–Kier alpha value is -3.14. The fourth-order valence-corrected chi connectivity index (χ4v) is 3.08. The van der Waals surface area contributed by atoms with Crippen molar-refractivity contribution < 1.29 is 9.53 Å². The van der Waals surface area contributed by atoms with Crippen molar-refractivity contribution in [3.05, 3.63) is 83.0 Å². The molecule has 1 heterocycles. The lowest BCUT2D eigenvalue weighted by Gasteiger charge is -2.11. The van der Waals surface area contributed by atoms with E-state index in [2.05, 4.69) is 16.4 Å². The van der Waals surface area contributed by atoms with Crippen LogP contribution in [0.2, 0.25) is 0 Å². The summed E-state index contributed by atoms with van der Waals surface area (Å²) in [4.78, 5) is 17.1. The summed E-state index contributed by atoms with van der Waals surface area (Å²) in [6, 6.07) is 19.8. The largest absolute Gasteiger partial charge is 0.496 e. The van der Waals surface area contributed by atoms with Gasteiger partial charge in [-0.2, -0.15) is 0 Å². The number of nitrogens with zero attached hydrogens (tertiary/aromatic N) is 1. The van der Waals surface area contributed by atoms with Crippen molar-refractivity contribution in [1.82, 2.24) is 10.3 Å². The van der Waals surface area contributed by atoms with Gasteiger partial charge in [-0.1, -0.05) is 48.0 Å². The predicted octanol–water partition coefficient (Wildman–Crippen LogP) is 4.35. The van der Waals surface area contributed by atoms with Crippen LogP contribution in [0.3, 0.4) is 0 Å². The molecule has 0 aliphatic rings. The van der Waals surface area contributed by atoms with Crippen LogP contribution in [0.1, 0.15) is 27.2 Å². The van der Waals surface area contributed by atoms with E-state index in [4.69, 9.17) is 4.74 Å². The number of nitrogens with one attached hydrogen (secondary N) is 1. The number of methoxy groups -OCH3 is 1. The van der Waals surface area contributed by atoms with Gasteiger partial charge in [0.05, 0.1) is 24.1 Å². The molecule has 1 N–H and O–H groups in total. The van der Waals surface area contributed by atoms with Crippen molar-refractivity contribution in [2.24, 2.45) is 0 Å². The van der Waals surface area contributed by atoms with Gasteiger partial charge in [-0.3, -0.25) is 9.78 Å². The molecule has 0 atom stereocenters. The van der Waals surface area contributed by atoms with Crippen molar-refractivity contribution in [3.63, 3.8) is 0 Å². The smallest absolute Gasteiger partial charge is 0.253 e. The van der Waals surface area contributed by atoms with Gasteiger partial charge in [-0.05, 0) is 44.0 Å². The quantitative estimate of drug-likeness (QED) is 0.711. The third kappa shape index (κ3) is 4.53. The van der Waals surface area contributed by atoms with Crippen LogP contribution in [0.4, 0.5) is 0 Å². The van der Waals surface area contributed by atoms with E-state index in [9.17, 15) is 4.79 Å². The molecule has 0 unspecified atom stereocenters. The van der Waals surface area contributed by atoms with Gasteiger partial charge in [-0.15, -0.1) is 0 Å². The maximum atomic E-state index is 12.5. The summed E-state index contributed by atoms with van der Waals surface area (Å²) >= 11 is 0. The van der Waals surface area contributed by atoms with Gasteiger partial charge in [0.15, 0.2) is 0 Å². The number of ether oxygens (including phenoxy) is 1. The molecule has 0 radical (unpaired) electrons. The number of aromatic nitrogens is 1. The molecular formula is C23H24N2O2. The highest BCUT2D eigenvalue weighted by Crippen LogP contribution is 2.20. The van der Waals surface area contributed by atoms with Crippen LogP contribution in [-0.2, 0) is 6.42 Å². The van der Waals surface area contributed by atoms with Crippen LogP contribution in [-0.4, -0.2) is 24.5 Å². The fourth-order valence-electron chi connectivity index (χ4n) is 3.08. The van der Waals surface area contributed by atoms with E-state index < -0.39 is 0 Å². The van der Waals surface area contributed by atoms with Crippen LogP contribution >= 0.6 is 0 Å². The van der Waals surface area contributed by atoms with Crippen molar-refractivity contribution in [2.45, 2.75) is 20.3 Å². The molecule has 3 rings (SSSR count). The van der Waals surface area contributed by atoms with E-state index in [1.165, 1.54) is 5.56 Å². The predicted molar refractivity (Wildman–Crippen MR) is 108 cm³/mol. The second-order valence-electron chi connectivity index (χ2n) is 6.52. The highest BCUT2D eigenvalue weighted by molar-refractivity contribution is 5.95. The standard InChI is InChI=1S/C23H24N2O2/c1-16-9-12-22(27-3)19(15-16)13-14-24-23(26)20-10-11-21(25-17(20)2)18-7-5-4-6-8-18/h4-12,15H,13-14H2,1-3H3,(H,24,26). The molecule has 0 saturated carbocycles. The number of pyridine rings is 1. The van der Waals surface area contributed by atoms with Crippen molar-refractivity contribution in [2.75, 3.05) is 13.7 Å². The van der Waals surface area contributed by atoms with Crippen molar-refractivity contribution >= 4 is 5.91 Å². The third-order valence-electron chi connectivity index (χ3n) is 4.52. The minimum absolute atomic E-state index is 0.105. The van der Waals surface area contributed by atoms with Crippen LogP contribution in [0, 0.1) is 13.8 Å². The molecule has 2 aromatic carbocycles. The summed E-state index contributed by atoms with van der Waals surface area (Å²) in [5, 5.41) is 2.98. The average molecular weight is 360 g/mol. The zero-order chi connectivity index (χ0) is 19.2. The van der Waals surface area contributed by atoms with E-state index in [-0.39, 0.29) is 5.91 Å². The van der Waals surface area contributed by atoms with E-state index in [0.717, 1.165) is 28.3 Å². The Bertz CT molecular complexity index is 936. The van der Waals surface area contributed by atoms with Crippen LogP contribution in [0.5, 0.6) is 5.75 Å². The number of hydrogen-bond donors (Lipinski definition) is 1. The molecule has 0 aliphatic heterocycles. The zero-order valence-electron chi connectivity index (χ0n) is 16.0. The molecule has 4 nitrogen and oxygen atoms in total. The minimum atomic E-state index is -0.105. The molecule has 0 saturated heterocycles. The Morgan fingerprint density at radius 3 is 2.52 bits per heavy atom. The van der Waals surface area contributed by atoms with Crippen LogP contribution < -0.4 is 10.1 Å². The molecule has 0 spiro atoms. The lowest BCUT2D eigenvalue weighted by molar-refractivity contribution is 0.0953. The fraction of sp³-hybridized carbons (Fsp3) is 0.217. The summed E-state index contributed by atoms with van der Waals surface area (Å²) in [7, 11) is 1.66. The molecule has 3 aromatic rings. The molecular weight excluding hydrogens is 336 g/mol. The molecule has 27 heavy (non-hydrogen) atoms. The summed E-state index contributed by atoms with van der Waals surface area (Å²) in [5.41, 5.74) is 5.50. The van der Waals surface area contributed by atoms with E-state index in [1.807, 2.05) is 68.4 Å². The van der Waals surface area contributed by atoms with E-state index in [0.29, 0.717) is 18.5 Å². The summed E-state index contributed by atoms with van der Waals surface area (Å²) in [6.45, 7) is 4.45. The van der Waals surface area contributed by atoms with Gasteiger partial charge in [0, 0.05) is 12.1 Å². The number of carbonyl (C=O) groups is 1. The Kier molecular flexibility index (Phi) is 5.87. The Balaban J connectivity index is 1.66. The Morgan fingerprint density at radius 2 is 1.81 bits per heavy atom. The lowest BCUT2D eigenvalue weighted by Crippen LogP contribution is -2.26. The number of aryl methyl sites for hydroxylation is 2. The van der Waals surface area contributed by atoms with Crippen molar-refractivity contribution in [1.29, 1.82) is 0 Å². The summed E-state index contributed by atoms with van der Waals surface area (Å²) in [6.07, 6.45) is 0.713. The van der Waals surface area contributed by atoms with E-state index in [1.54, 1.807) is 7.11 Å². The minimum Gasteiger partial charge on any atom is -0.496 e. The van der Waals surface area contributed by atoms with Crippen LogP contribution in [0.25, 0.3) is 11.3 Å². The highest BCUT2D eigenvalue weighted by atomic mass is 16.5. The zero-order valence-corrected chi connectivity index (χ0v) is 16.0. The topological polar surface area (TPSA) is 51.2 Å². The van der Waals surface area contributed by atoms with Gasteiger partial charge in [0.1, 0.15) is 5.75 Å². The first-order valence-corrected chi connectivity index (χ1v) is 9.03. The average Bonchev–Trinajstić information content (AvgIpc) is 2.68. The number of benzene rings is 2. The molecule has 4 heteroatoms. The van der Waals surface area contributed by atoms with Gasteiger partial charge >= 0.3 is 0 Å². The summed E-state index contributed by atoms with van der Waals surface area (Å²) in [5.74, 6) is 0.742. The van der Waals surface area contributed by atoms with Crippen molar-refractivity contribution in [3.8, 4) is 17.0 Å². The van der Waals surface area contributed by atoms with E-state index >= 15 is 0 Å². The van der Waals surface area contributed by atoms with Gasteiger partial charge in [0.2, 0.25) is 0 Å². The first kappa shape index (κ1) is 18.6. The molecule has 1 aromatic heterocycles. The molecule has 0 bridgehead atoms. The van der Waals surface area contributed by atoms with Gasteiger partial charge < -0.3 is 10.1 Å². The highest BCUT2D eigenvalue weighted by Gasteiger charge is 2.12. The number of rotatable bonds is 6. The normalized spacial score (nSPS) is 10.5. The lowest BCUT2D eigenvalue weighted by atomic mass is 10.1. The first-order chi connectivity index (χ1) is 13.1. The summed E-state index contributed by atoms with van der Waals surface area (Å²) < 4.78 is 5.39. The third-order valence-corrected chi connectivity index (χ3v) is 4.52. The second-order valence-corrected chi connectivity index (χ2v) is 6.52.